The molecule has 0 aromatic heterocycles. The average Bonchev–Trinajstić information content (AvgIpc) is 2.63. The number of rotatable bonds is 6. The molecule has 25 heavy (non-hydrogen) atoms. The van der Waals surface area contributed by atoms with E-state index in [1.165, 1.54) is 11.1 Å². The molecule has 134 valence electrons. The summed E-state index contributed by atoms with van der Waals surface area (Å²) < 4.78 is 0. The molecule has 3 atom stereocenters. The Morgan fingerprint density at radius 3 is 2.64 bits per heavy atom. The van der Waals surface area contributed by atoms with Crippen LogP contribution in [0.5, 0.6) is 5.75 Å². The van der Waals surface area contributed by atoms with E-state index in [1.54, 1.807) is 24.3 Å². The summed E-state index contributed by atoms with van der Waals surface area (Å²) in [6.07, 6.45) is 1.56. The molecule has 2 aromatic carbocycles. The van der Waals surface area contributed by atoms with Gasteiger partial charge in [0.1, 0.15) is 5.75 Å². The van der Waals surface area contributed by atoms with Crippen molar-refractivity contribution in [3.05, 3.63) is 65.2 Å². The number of hydrogen-bond donors (Lipinski definition) is 3. The van der Waals surface area contributed by atoms with Crippen molar-refractivity contribution >= 4 is 0 Å². The van der Waals surface area contributed by atoms with Crippen molar-refractivity contribution in [1.82, 2.24) is 10.2 Å². The minimum Gasteiger partial charge on any atom is -0.508 e. The number of nitrogens with one attached hydrogen (secondary N) is 1. The minimum absolute atomic E-state index is 0.219. The molecule has 1 aliphatic heterocycles. The predicted molar refractivity (Wildman–Crippen MR) is 101 cm³/mol. The van der Waals surface area contributed by atoms with Crippen LogP contribution < -0.4 is 5.32 Å². The zero-order chi connectivity index (χ0) is 17.8. The Morgan fingerprint density at radius 1 is 1.16 bits per heavy atom. The lowest BCUT2D eigenvalue weighted by Crippen LogP contribution is -2.38. The summed E-state index contributed by atoms with van der Waals surface area (Å²) in [6, 6.07) is 16.2. The van der Waals surface area contributed by atoms with E-state index in [2.05, 4.69) is 48.5 Å². The number of nitrogens with zero attached hydrogens (tertiary/aromatic N) is 1. The molecule has 4 nitrogen and oxygen atoms in total. The highest BCUT2D eigenvalue weighted by atomic mass is 16.3. The van der Waals surface area contributed by atoms with Crippen molar-refractivity contribution < 1.29 is 10.2 Å². The third-order valence-electron chi connectivity index (χ3n) is 5.19. The molecule has 0 spiro atoms. The lowest BCUT2D eigenvalue weighted by Gasteiger charge is -2.36. The van der Waals surface area contributed by atoms with Gasteiger partial charge in [0.25, 0.3) is 0 Å². The van der Waals surface area contributed by atoms with E-state index in [4.69, 9.17) is 0 Å². The van der Waals surface area contributed by atoms with Crippen LogP contribution in [-0.4, -0.2) is 41.3 Å². The molecule has 0 saturated heterocycles. The normalized spacial score (nSPS) is 20.0. The second kappa shape index (κ2) is 8.00. The molecule has 1 aliphatic rings. The number of phenolic OH excluding ortho intramolecular Hbond substituents is 1. The SMILES string of the molecule is CC(CC1c2ccccc2CCN1C)NCC(O)c1ccc(O)cc1. The van der Waals surface area contributed by atoms with Crippen LogP contribution in [0.15, 0.2) is 48.5 Å². The monoisotopic (exact) mass is 340 g/mol. The number of aliphatic hydroxyl groups excluding tert-OH is 1. The Kier molecular flexibility index (Phi) is 5.74. The molecule has 0 fully saturated rings. The first-order valence-corrected chi connectivity index (χ1v) is 9.03. The maximum absolute atomic E-state index is 10.3. The van der Waals surface area contributed by atoms with Gasteiger partial charge < -0.3 is 15.5 Å². The van der Waals surface area contributed by atoms with E-state index in [1.807, 2.05) is 0 Å². The molecule has 0 saturated carbocycles. The van der Waals surface area contributed by atoms with Crippen LogP contribution in [0.3, 0.4) is 0 Å². The van der Waals surface area contributed by atoms with Crippen LogP contribution in [0.1, 0.15) is 42.2 Å². The summed E-state index contributed by atoms with van der Waals surface area (Å²) in [7, 11) is 2.19. The summed E-state index contributed by atoms with van der Waals surface area (Å²) in [5.41, 5.74) is 3.71. The highest BCUT2D eigenvalue weighted by molar-refractivity contribution is 5.32. The molecule has 3 rings (SSSR count). The molecule has 3 unspecified atom stereocenters. The number of likely N-dealkylation sites (N-methyl/N-ethyl adjacent to an activating group) is 1. The van der Waals surface area contributed by atoms with E-state index in [-0.39, 0.29) is 5.75 Å². The molecule has 1 heterocycles. The second-order valence-corrected chi connectivity index (χ2v) is 7.10. The summed E-state index contributed by atoms with van der Waals surface area (Å²) in [5.74, 6) is 0.219. The van der Waals surface area contributed by atoms with Crippen molar-refractivity contribution in [2.24, 2.45) is 0 Å². The van der Waals surface area contributed by atoms with E-state index in [0.717, 1.165) is 24.9 Å². The van der Waals surface area contributed by atoms with E-state index in [9.17, 15) is 10.2 Å². The highest BCUT2D eigenvalue weighted by Gasteiger charge is 2.25. The maximum atomic E-state index is 10.3. The van der Waals surface area contributed by atoms with Gasteiger partial charge in [-0.05, 0) is 55.6 Å². The first-order chi connectivity index (χ1) is 12.0. The molecule has 4 heteroatoms. The first-order valence-electron chi connectivity index (χ1n) is 9.03. The van der Waals surface area contributed by atoms with Crippen molar-refractivity contribution in [2.45, 2.75) is 38.0 Å². The quantitative estimate of drug-likeness (QED) is 0.757. The summed E-state index contributed by atoms with van der Waals surface area (Å²) in [6.45, 7) is 3.77. The molecular weight excluding hydrogens is 312 g/mol. The number of phenols is 1. The first kappa shape index (κ1) is 17.9. The number of aromatic hydroxyl groups is 1. The summed E-state index contributed by atoms with van der Waals surface area (Å²) in [5, 5.41) is 23.1. The van der Waals surface area contributed by atoms with Crippen molar-refractivity contribution in [3.63, 3.8) is 0 Å². The molecule has 0 radical (unpaired) electrons. The van der Waals surface area contributed by atoms with Gasteiger partial charge in [-0.3, -0.25) is 4.90 Å². The zero-order valence-electron chi connectivity index (χ0n) is 15.0. The van der Waals surface area contributed by atoms with Gasteiger partial charge in [-0.1, -0.05) is 36.4 Å². The van der Waals surface area contributed by atoms with Gasteiger partial charge in [-0.2, -0.15) is 0 Å². The van der Waals surface area contributed by atoms with Gasteiger partial charge in [0.15, 0.2) is 0 Å². The number of hydrogen-bond acceptors (Lipinski definition) is 4. The molecule has 0 aliphatic carbocycles. The fourth-order valence-corrected chi connectivity index (χ4v) is 3.63. The molecular formula is C21H28N2O2. The fraction of sp³-hybridized carbons (Fsp3) is 0.429. The fourth-order valence-electron chi connectivity index (χ4n) is 3.63. The molecule has 2 aromatic rings. The van der Waals surface area contributed by atoms with Gasteiger partial charge in [0, 0.05) is 25.2 Å². The zero-order valence-corrected chi connectivity index (χ0v) is 15.0. The highest BCUT2D eigenvalue weighted by Crippen LogP contribution is 2.31. The van der Waals surface area contributed by atoms with Crippen LogP contribution >= 0.6 is 0 Å². The number of benzene rings is 2. The largest absolute Gasteiger partial charge is 0.508 e. The number of aliphatic hydroxyl groups is 1. The summed E-state index contributed by atoms with van der Waals surface area (Å²) in [4.78, 5) is 2.43. The van der Waals surface area contributed by atoms with Gasteiger partial charge in [-0.25, -0.2) is 0 Å². The van der Waals surface area contributed by atoms with E-state index >= 15 is 0 Å². The van der Waals surface area contributed by atoms with Crippen LogP contribution in [-0.2, 0) is 6.42 Å². The minimum atomic E-state index is -0.570. The smallest absolute Gasteiger partial charge is 0.115 e. The van der Waals surface area contributed by atoms with E-state index < -0.39 is 6.10 Å². The van der Waals surface area contributed by atoms with Crippen LogP contribution in [0.4, 0.5) is 0 Å². The lowest BCUT2D eigenvalue weighted by molar-refractivity contribution is 0.161. The standard InChI is InChI=1S/C21H28N2O2/c1-15(22-14-21(25)17-7-9-18(24)10-8-17)13-20-19-6-4-3-5-16(19)11-12-23(20)2/h3-10,15,20-22,24-25H,11-14H2,1-2H3. The number of fused-ring (bicyclic) bond motifs is 1. The van der Waals surface area contributed by atoms with Crippen molar-refractivity contribution in [1.29, 1.82) is 0 Å². The second-order valence-electron chi connectivity index (χ2n) is 7.10. The van der Waals surface area contributed by atoms with Gasteiger partial charge in [0.2, 0.25) is 0 Å². The van der Waals surface area contributed by atoms with E-state index in [0.29, 0.717) is 18.6 Å². The van der Waals surface area contributed by atoms with Gasteiger partial charge >= 0.3 is 0 Å². The van der Waals surface area contributed by atoms with Crippen molar-refractivity contribution in [3.8, 4) is 5.75 Å². The van der Waals surface area contributed by atoms with Crippen LogP contribution in [0.2, 0.25) is 0 Å². The Morgan fingerprint density at radius 2 is 1.88 bits per heavy atom. The van der Waals surface area contributed by atoms with Crippen LogP contribution in [0, 0.1) is 0 Å². The molecule has 3 N–H and O–H groups in total. The topological polar surface area (TPSA) is 55.7 Å². The third kappa shape index (κ3) is 4.40. The Labute approximate surface area is 150 Å². The van der Waals surface area contributed by atoms with Crippen molar-refractivity contribution in [2.75, 3.05) is 20.1 Å². The Bertz CT molecular complexity index is 687. The Balaban J connectivity index is 1.57. The Hall–Kier alpha value is -1.88. The maximum Gasteiger partial charge on any atom is 0.115 e. The molecule has 0 bridgehead atoms. The third-order valence-corrected chi connectivity index (χ3v) is 5.19. The lowest BCUT2D eigenvalue weighted by atomic mass is 9.89. The predicted octanol–water partition coefficient (Wildman–Crippen LogP) is 3.02. The average molecular weight is 340 g/mol. The molecule has 0 amide bonds. The summed E-state index contributed by atoms with van der Waals surface area (Å²) >= 11 is 0. The van der Waals surface area contributed by atoms with Gasteiger partial charge in [0.05, 0.1) is 6.10 Å². The van der Waals surface area contributed by atoms with Gasteiger partial charge in [-0.15, -0.1) is 0 Å². The van der Waals surface area contributed by atoms with Crippen LogP contribution in [0.25, 0.3) is 0 Å².